The lowest BCUT2D eigenvalue weighted by atomic mass is 10.1. The van der Waals surface area contributed by atoms with Crippen LogP contribution in [0.25, 0.3) is 0 Å². The van der Waals surface area contributed by atoms with Crippen LogP contribution in [0.3, 0.4) is 0 Å². The fourth-order valence-electron chi connectivity index (χ4n) is 1.84. The lowest BCUT2D eigenvalue weighted by molar-refractivity contribution is 0.0784. The number of hydrogen-bond donors (Lipinski definition) is 1. The summed E-state index contributed by atoms with van der Waals surface area (Å²) in [5, 5.41) is 9.79. The van der Waals surface area contributed by atoms with Gasteiger partial charge in [0.2, 0.25) is 0 Å². The third-order valence-electron chi connectivity index (χ3n) is 2.89. The largest absolute Gasteiger partial charge is 0.508 e. The number of phenolic OH excluding ortho intramolecular Hbond substituents is 1. The summed E-state index contributed by atoms with van der Waals surface area (Å²) in [6.45, 7) is 0.451. The van der Waals surface area contributed by atoms with Crippen molar-refractivity contribution in [1.82, 2.24) is 4.90 Å². The van der Waals surface area contributed by atoms with Crippen LogP contribution in [0.15, 0.2) is 46.9 Å². The van der Waals surface area contributed by atoms with E-state index in [1.807, 2.05) is 24.3 Å². The Bertz CT molecular complexity index is 646. The summed E-state index contributed by atoms with van der Waals surface area (Å²) in [5.41, 5.74) is 1.29. The minimum absolute atomic E-state index is 0.0204. The highest BCUT2D eigenvalue weighted by molar-refractivity contribution is 9.10. The van der Waals surface area contributed by atoms with Crippen molar-refractivity contribution in [3.63, 3.8) is 0 Å². The zero-order chi connectivity index (χ0) is 14.7. The van der Waals surface area contributed by atoms with Gasteiger partial charge in [-0.1, -0.05) is 45.7 Å². The molecular weight excluding hydrogens is 342 g/mol. The van der Waals surface area contributed by atoms with E-state index in [0.717, 1.165) is 10.0 Å². The van der Waals surface area contributed by atoms with Gasteiger partial charge in [-0.05, 0) is 29.8 Å². The molecule has 0 atom stereocenters. The molecule has 0 aromatic heterocycles. The van der Waals surface area contributed by atoms with Gasteiger partial charge in [0.25, 0.3) is 5.91 Å². The SMILES string of the molecule is CN(Cc1ccccc1Br)C(=O)c1cc(O)ccc1Cl. The molecule has 0 radical (unpaired) electrons. The zero-order valence-electron chi connectivity index (χ0n) is 10.8. The quantitative estimate of drug-likeness (QED) is 0.902. The number of hydrogen-bond acceptors (Lipinski definition) is 2. The fraction of sp³-hybridized carbons (Fsp3) is 0.133. The number of halogens is 2. The molecule has 2 aromatic rings. The molecule has 0 aliphatic carbocycles. The first kappa shape index (κ1) is 14.9. The minimum Gasteiger partial charge on any atom is -0.508 e. The third kappa shape index (κ3) is 3.32. The lowest BCUT2D eigenvalue weighted by Crippen LogP contribution is -2.26. The van der Waals surface area contributed by atoms with Crippen molar-refractivity contribution in [3.8, 4) is 5.75 Å². The first-order valence-corrected chi connectivity index (χ1v) is 7.13. The topological polar surface area (TPSA) is 40.5 Å². The van der Waals surface area contributed by atoms with Crippen molar-refractivity contribution in [2.24, 2.45) is 0 Å². The van der Waals surface area contributed by atoms with Gasteiger partial charge in [0.1, 0.15) is 5.75 Å². The summed E-state index contributed by atoms with van der Waals surface area (Å²) in [6.07, 6.45) is 0. The van der Waals surface area contributed by atoms with Gasteiger partial charge in [-0.25, -0.2) is 0 Å². The number of carbonyl (C=O) groups excluding carboxylic acids is 1. The molecular formula is C15H13BrClNO2. The molecule has 2 rings (SSSR count). The number of benzene rings is 2. The molecule has 0 aliphatic rings. The van der Waals surface area contributed by atoms with Gasteiger partial charge in [-0.15, -0.1) is 0 Å². The van der Waals surface area contributed by atoms with Crippen molar-refractivity contribution in [1.29, 1.82) is 0 Å². The Balaban J connectivity index is 2.21. The van der Waals surface area contributed by atoms with Crippen LogP contribution in [0.2, 0.25) is 5.02 Å². The summed E-state index contributed by atoms with van der Waals surface area (Å²) in [4.78, 5) is 13.9. The summed E-state index contributed by atoms with van der Waals surface area (Å²) < 4.78 is 0.946. The normalized spacial score (nSPS) is 10.3. The molecule has 0 aliphatic heterocycles. The smallest absolute Gasteiger partial charge is 0.255 e. The number of aromatic hydroxyl groups is 1. The van der Waals surface area contributed by atoms with E-state index in [0.29, 0.717) is 17.1 Å². The Labute approximate surface area is 130 Å². The summed E-state index contributed by atoms with van der Waals surface area (Å²) in [5.74, 6) is -0.214. The first-order chi connectivity index (χ1) is 9.49. The predicted octanol–water partition coefficient (Wildman–Crippen LogP) is 4.08. The number of nitrogens with zero attached hydrogens (tertiary/aromatic N) is 1. The van der Waals surface area contributed by atoms with E-state index in [2.05, 4.69) is 15.9 Å². The van der Waals surface area contributed by atoms with Gasteiger partial charge in [-0.3, -0.25) is 4.79 Å². The average molecular weight is 355 g/mol. The molecule has 20 heavy (non-hydrogen) atoms. The highest BCUT2D eigenvalue weighted by Crippen LogP contribution is 2.24. The van der Waals surface area contributed by atoms with Gasteiger partial charge in [-0.2, -0.15) is 0 Å². The van der Waals surface area contributed by atoms with E-state index in [1.165, 1.54) is 18.2 Å². The Morgan fingerprint density at radius 2 is 2.00 bits per heavy atom. The molecule has 0 fully saturated rings. The molecule has 1 N–H and O–H groups in total. The Morgan fingerprint density at radius 3 is 2.70 bits per heavy atom. The second kappa shape index (κ2) is 6.29. The van der Waals surface area contributed by atoms with Crippen LogP contribution in [-0.2, 0) is 6.54 Å². The Hall–Kier alpha value is -1.52. The average Bonchev–Trinajstić information content (AvgIpc) is 2.43. The molecule has 0 heterocycles. The maximum absolute atomic E-state index is 12.3. The predicted molar refractivity (Wildman–Crippen MR) is 83.1 cm³/mol. The van der Waals surface area contributed by atoms with Gasteiger partial charge >= 0.3 is 0 Å². The van der Waals surface area contributed by atoms with Gasteiger partial charge in [0.15, 0.2) is 0 Å². The number of rotatable bonds is 3. The van der Waals surface area contributed by atoms with Crippen LogP contribution >= 0.6 is 27.5 Å². The van der Waals surface area contributed by atoms with Crippen LogP contribution in [0, 0.1) is 0 Å². The van der Waals surface area contributed by atoms with Crippen LogP contribution in [0.4, 0.5) is 0 Å². The monoisotopic (exact) mass is 353 g/mol. The molecule has 2 aromatic carbocycles. The molecule has 3 nitrogen and oxygen atoms in total. The van der Waals surface area contributed by atoms with E-state index in [-0.39, 0.29) is 11.7 Å². The first-order valence-electron chi connectivity index (χ1n) is 5.96. The number of amides is 1. The Kier molecular flexibility index (Phi) is 4.68. The van der Waals surface area contributed by atoms with Crippen LogP contribution in [0.1, 0.15) is 15.9 Å². The van der Waals surface area contributed by atoms with Crippen molar-refractivity contribution >= 4 is 33.4 Å². The van der Waals surface area contributed by atoms with Crippen LogP contribution < -0.4 is 0 Å². The van der Waals surface area contributed by atoms with E-state index in [9.17, 15) is 9.90 Å². The summed E-state index contributed by atoms with van der Waals surface area (Å²) >= 11 is 9.45. The minimum atomic E-state index is -0.235. The summed E-state index contributed by atoms with van der Waals surface area (Å²) in [6, 6.07) is 12.0. The molecule has 5 heteroatoms. The van der Waals surface area contributed by atoms with Crippen LogP contribution in [0.5, 0.6) is 5.75 Å². The molecule has 104 valence electrons. The third-order valence-corrected chi connectivity index (χ3v) is 4.00. The highest BCUT2D eigenvalue weighted by Gasteiger charge is 2.16. The van der Waals surface area contributed by atoms with E-state index in [4.69, 9.17) is 11.6 Å². The fourth-order valence-corrected chi connectivity index (χ4v) is 2.45. The highest BCUT2D eigenvalue weighted by atomic mass is 79.9. The molecule has 0 spiro atoms. The Morgan fingerprint density at radius 1 is 1.30 bits per heavy atom. The second-order valence-electron chi connectivity index (χ2n) is 4.42. The molecule has 1 amide bonds. The van der Waals surface area contributed by atoms with Crippen LogP contribution in [-0.4, -0.2) is 23.0 Å². The molecule has 0 bridgehead atoms. The number of carbonyl (C=O) groups is 1. The lowest BCUT2D eigenvalue weighted by Gasteiger charge is -2.19. The van der Waals surface area contributed by atoms with E-state index in [1.54, 1.807) is 11.9 Å². The molecule has 0 saturated carbocycles. The number of phenols is 1. The van der Waals surface area contributed by atoms with Gasteiger partial charge in [0.05, 0.1) is 10.6 Å². The van der Waals surface area contributed by atoms with Crippen molar-refractivity contribution in [2.75, 3.05) is 7.05 Å². The maximum atomic E-state index is 12.3. The molecule has 0 unspecified atom stereocenters. The van der Waals surface area contributed by atoms with Crippen molar-refractivity contribution in [2.45, 2.75) is 6.54 Å². The summed E-state index contributed by atoms with van der Waals surface area (Å²) in [7, 11) is 1.70. The van der Waals surface area contributed by atoms with Gasteiger partial charge < -0.3 is 10.0 Å². The zero-order valence-corrected chi connectivity index (χ0v) is 13.1. The second-order valence-corrected chi connectivity index (χ2v) is 5.68. The standard InChI is InChI=1S/C15H13BrClNO2/c1-18(9-10-4-2-3-5-13(10)16)15(20)12-8-11(19)6-7-14(12)17/h2-8,19H,9H2,1H3. The van der Waals surface area contributed by atoms with Crippen molar-refractivity contribution < 1.29 is 9.90 Å². The van der Waals surface area contributed by atoms with Crippen molar-refractivity contribution in [3.05, 3.63) is 63.1 Å². The van der Waals surface area contributed by atoms with E-state index >= 15 is 0 Å². The molecule has 0 saturated heterocycles. The van der Waals surface area contributed by atoms with E-state index < -0.39 is 0 Å². The van der Waals surface area contributed by atoms with Gasteiger partial charge in [0, 0.05) is 18.1 Å². The maximum Gasteiger partial charge on any atom is 0.255 e.